The van der Waals surface area contributed by atoms with E-state index in [2.05, 4.69) is 0 Å². The van der Waals surface area contributed by atoms with Gasteiger partial charge in [-0.05, 0) is 27.2 Å². The van der Waals surface area contributed by atoms with Gasteiger partial charge in [0.15, 0.2) is 0 Å². The van der Waals surface area contributed by atoms with Gasteiger partial charge in [0, 0.05) is 6.42 Å². The largest absolute Gasteiger partial charge is 0.463 e. The van der Waals surface area contributed by atoms with Crippen LogP contribution in [0.4, 0.5) is 0 Å². The molecule has 0 spiro atoms. The Balaban J connectivity index is 3.11. The van der Waals surface area contributed by atoms with Gasteiger partial charge in [0.1, 0.15) is 12.2 Å². The summed E-state index contributed by atoms with van der Waals surface area (Å²) in [5.41, 5.74) is -0.478. The molecule has 0 N–H and O–H groups in total. The summed E-state index contributed by atoms with van der Waals surface area (Å²) in [6.07, 6.45) is 1.45. The molecule has 16 heteroatoms. The van der Waals surface area contributed by atoms with E-state index in [1.165, 1.54) is 0 Å². The van der Waals surface area contributed by atoms with E-state index in [1.807, 2.05) is 27.7 Å². The van der Waals surface area contributed by atoms with Crippen molar-refractivity contribution in [1.82, 2.24) is 0 Å². The Morgan fingerprint density at radius 2 is 0.569 bits per heavy atom. The molecule has 0 amide bonds. The Bertz CT molecular complexity index is 737. The molecule has 16 nitrogen and oxygen atoms in total. The molecule has 0 aromatic carbocycles. The summed E-state index contributed by atoms with van der Waals surface area (Å²) in [7, 11) is 0. The number of carbonyl (C=O) groups is 2. The van der Waals surface area contributed by atoms with E-state index < -0.39 is 5.60 Å². The number of rotatable bonds is 41. The van der Waals surface area contributed by atoms with Crippen molar-refractivity contribution in [3.8, 4) is 0 Å². The molecule has 0 aliphatic carbocycles. The van der Waals surface area contributed by atoms with Crippen LogP contribution >= 0.6 is 0 Å². The van der Waals surface area contributed by atoms with Crippen LogP contribution in [-0.4, -0.2) is 183 Å². The summed E-state index contributed by atoms with van der Waals surface area (Å²) in [4.78, 5) is 22.8. The van der Waals surface area contributed by atoms with Gasteiger partial charge in [0.05, 0.1) is 165 Å². The zero-order valence-electron chi connectivity index (χ0n) is 31.8. The van der Waals surface area contributed by atoms with Crippen LogP contribution in [0.2, 0.25) is 0 Å². The van der Waals surface area contributed by atoms with E-state index >= 15 is 0 Å². The highest BCUT2D eigenvalue weighted by molar-refractivity contribution is 5.70. The van der Waals surface area contributed by atoms with Gasteiger partial charge in [-0.15, -0.1) is 0 Å². The maximum absolute atomic E-state index is 11.6. The number of hydrogen-bond acceptors (Lipinski definition) is 16. The fourth-order valence-corrected chi connectivity index (χ4v) is 3.56. The van der Waals surface area contributed by atoms with E-state index in [-0.39, 0.29) is 25.0 Å². The summed E-state index contributed by atoms with van der Waals surface area (Å²) in [5.74, 6) is -0.461. The minimum absolute atomic E-state index is 0.192. The molecule has 0 rings (SSSR count). The lowest BCUT2D eigenvalue weighted by atomic mass is 10.2. The second kappa shape index (κ2) is 39.7. The van der Waals surface area contributed by atoms with E-state index in [4.69, 9.17) is 66.3 Å². The van der Waals surface area contributed by atoms with Gasteiger partial charge < -0.3 is 66.3 Å². The minimum Gasteiger partial charge on any atom is -0.463 e. The first-order chi connectivity index (χ1) is 24.8. The molecule has 0 atom stereocenters. The summed E-state index contributed by atoms with van der Waals surface area (Å²) in [5, 5.41) is 0. The highest BCUT2D eigenvalue weighted by atomic mass is 16.6. The molecule has 304 valence electrons. The number of esters is 2. The molecule has 51 heavy (non-hydrogen) atoms. The molecular formula is C35H68O16. The average Bonchev–Trinajstić information content (AvgIpc) is 3.08. The summed E-state index contributed by atoms with van der Waals surface area (Å²) >= 11 is 0. The van der Waals surface area contributed by atoms with Crippen molar-refractivity contribution in [3.05, 3.63) is 0 Å². The fraction of sp³-hybridized carbons (Fsp3) is 0.943. The Labute approximate surface area is 305 Å². The molecule has 0 radical (unpaired) electrons. The molecule has 0 aliphatic rings. The van der Waals surface area contributed by atoms with E-state index in [9.17, 15) is 9.59 Å². The predicted octanol–water partition coefficient (Wildman–Crippen LogP) is 2.26. The smallest absolute Gasteiger partial charge is 0.308 e. The second-order valence-electron chi connectivity index (χ2n) is 11.7. The van der Waals surface area contributed by atoms with Crippen LogP contribution in [0.25, 0.3) is 0 Å². The molecular weight excluding hydrogens is 676 g/mol. The van der Waals surface area contributed by atoms with Crippen molar-refractivity contribution < 1.29 is 75.9 Å². The Morgan fingerprint density at radius 3 is 0.804 bits per heavy atom. The fourth-order valence-electron chi connectivity index (χ4n) is 3.56. The highest BCUT2D eigenvalue weighted by Gasteiger charge is 2.15. The van der Waals surface area contributed by atoms with E-state index in [0.717, 1.165) is 6.42 Å². The Morgan fingerprint density at radius 1 is 0.333 bits per heavy atom. The van der Waals surface area contributed by atoms with E-state index in [0.29, 0.717) is 165 Å². The third-order valence-electron chi connectivity index (χ3n) is 5.91. The lowest BCUT2D eigenvalue weighted by molar-refractivity contribution is -0.156. The predicted molar refractivity (Wildman–Crippen MR) is 186 cm³/mol. The van der Waals surface area contributed by atoms with Crippen molar-refractivity contribution in [2.45, 2.75) is 52.6 Å². The highest BCUT2D eigenvalue weighted by Crippen LogP contribution is 2.08. The van der Waals surface area contributed by atoms with Gasteiger partial charge in [-0.2, -0.15) is 0 Å². The first kappa shape index (κ1) is 49.5. The number of carbonyl (C=O) groups excluding carboxylic acids is 2. The molecule has 0 aromatic heterocycles. The van der Waals surface area contributed by atoms with E-state index in [1.54, 1.807) is 0 Å². The van der Waals surface area contributed by atoms with Crippen molar-refractivity contribution in [3.63, 3.8) is 0 Å². The van der Waals surface area contributed by atoms with Crippen LogP contribution in [0.5, 0.6) is 0 Å². The summed E-state index contributed by atoms with van der Waals surface area (Å²) < 4.78 is 75.5. The number of ether oxygens (including phenoxy) is 14. The molecule has 0 bridgehead atoms. The Hall–Kier alpha value is -1.54. The van der Waals surface area contributed by atoms with Crippen LogP contribution in [0.1, 0.15) is 47.0 Å². The normalized spacial score (nSPS) is 11.7. The third kappa shape index (κ3) is 44.5. The van der Waals surface area contributed by atoms with Crippen molar-refractivity contribution in [1.29, 1.82) is 0 Å². The average molecular weight is 745 g/mol. The van der Waals surface area contributed by atoms with Gasteiger partial charge in [0.2, 0.25) is 0 Å². The maximum Gasteiger partial charge on any atom is 0.308 e. The zero-order valence-corrected chi connectivity index (χ0v) is 31.8. The number of hydrogen-bond donors (Lipinski definition) is 0. The second-order valence-corrected chi connectivity index (χ2v) is 11.7. The SMILES string of the molecule is CCCC(=O)OCCOCCOCCOCCOCCOCCOCCOCCOCCOCCOCCOCCOCCC(=O)OC(C)(C)C. The Kier molecular flexibility index (Phi) is 38.5. The topological polar surface area (TPSA) is 163 Å². The molecule has 0 fully saturated rings. The lowest BCUT2D eigenvalue weighted by Crippen LogP contribution is -2.24. The third-order valence-corrected chi connectivity index (χ3v) is 5.91. The van der Waals surface area contributed by atoms with Crippen molar-refractivity contribution >= 4 is 11.9 Å². The first-order valence-electron chi connectivity index (χ1n) is 18.2. The van der Waals surface area contributed by atoms with Gasteiger partial charge in [0.25, 0.3) is 0 Å². The van der Waals surface area contributed by atoms with Crippen molar-refractivity contribution in [2.75, 3.05) is 165 Å². The molecule has 0 saturated heterocycles. The quantitative estimate of drug-likeness (QED) is 0.0661. The lowest BCUT2D eigenvalue weighted by Gasteiger charge is -2.19. The van der Waals surface area contributed by atoms with Crippen LogP contribution in [-0.2, 0) is 75.9 Å². The maximum atomic E-state index is 11.6. The van der Waals surface area contributed by atoms with Gasteiger partial charge in [-0.3, -0.25) is 9.59 Å². The molecule has 0 aromatic rings. The van der Waals surface area contributed by atoms with Crippen molar-refractivity contribution in [2.24, 2.45) is 0 Å². The van der Waals surface area contributed by atoms with Crippen LogP contribution in [0.15, 0.2) is 0 Å². The minimum atomic E-state index is -0.478. The van der Waals surface area contributed by atoms with Gasteiger partial charge in [-0.25, -0.2) is 0 Å². The molecule has 0 unspecified atom stereocenters. The molecule has 0 saturated carbocycles. The molecule has 0 heterocycles. The summed E-state index contributed by atoms with van der Waals surface area (Å²) in [6, 6.07) is 0. The molecule has 0 aliphatic heterocycles. The zero-order chi connectivity index (χ0) is 37.4. The first-order valence-corrected chi connectivity index (χ1v) is 18.2. The van der Waals surface area contributed by atoms with Crippen LogP contribution in [0.3, 0.4) is 0 Å². The standard InChI is InChI=1S/C35H68O16/c1-5-6-33(36)50-32-31-49-30-29-48-28-27-47-26-25-46-24-23-45-22-21-44-20-19-43-18-17-42-16-15-41-14-13-40-12-11-39-10-9-38-8-7-34(37)51-35(2,3)4/h5-32H2,1-4H3. The van der Waals surface area contributed by atoms with Crippen LogP contribution in [0, 0.1) is 0 Å². The van der Waals surface area contributed by atoms with Gasteiger partial charge >= 0.3 is 11.9 Å². The monoisotopic (exact) mass is 744 g/mol. The van der Waals surface area contributed by atoms with Gasteiger partial charge in [-0.1, -0.05) is 6.92 Å². The van der Waals surface area contributed by atoms with Crippen LogP contribution < -0.4 is 0 Å². The summed E-state index contributed by atoms with van der Waals surface area (Å²) in [6.45, 7) is 18.8.